The SMILES string of the molecule is CCNCCNC(=O)c1ccc(F)c(Cl)c1. The molecule has 3 nitrogen and oxygen atoms in total. The summed E-state index contributed by atoms with van der Waals surface area (Å²) in [6.07, 6.45) is 0. The standard InChI is InChI=1S/C11H14ClFN2O/c1-2-14-5-6-15-11(16)8-3-4-10(13)9(12)7-8/h3-4,7,14H,2,5-6H2,1H3,(H,15,16). The molecular weight excluding hydrogens is 231 g/mol. The highest BCUT2D eigenvalue weighted by atomic mass is 35.5. The van der Waals surface area contributed by atoms with Gasteiger partial charge in [-0.2, -0.15) is 0 Å². The first-order valence-electron chi connectivity index (χ1n) is 5.09. The first kappa shape index (κ1) is 12.9. The Hall–Kier alpha value is -1.13. The molecule has 0 aliphatic heterocycles. The van der Waals surface area contributed by atoms with Gasteiger partial charge < -0.3 is 10.6 Å². The molecule has 1 rings (SSSR count). The van der Waals surface area contributed by atoms with Crippen molar-refractivity contribution in [3.05, 3.63) is 34.6 Å². The number of amides is 1. The molecule has 0 saturated carbocycles. The number of carbonyl (C=O) groups excluding carboxylic acids is 1. The van der Waals surface area contributed by atoms with Crippen LogP contribution < -0.4 is 10.6 Å². The fourth-order valence-corrected chi connectivity index (χ4v) is 1.36. The largest absolute Gasteiger partial charge is 0.351 e. The molecule has 1 aromatic rings. The van der Waals surface area contributed by atoms with Crippen molar-refractivity contribution in [3.8, 4) is 0 Å². The molecule has 88 valence electrons. The maximum Gasteiger partial charge on any atom is 0.251 e. The minimum atomic E-state index is -0.522. The van der Waals surface area contributed by atoms with Gasteiger partial charge in [-0.1, -0.05) is 18.5 Å². The first-order valence-corrected chi connectivity index (χ1v) is 5.47. The van der Waals surface area contributed by atoms with Crippen molar-refractivity contribution in [3.63, 3.8) is 0 Å². The van der Waals surface area contributed by atoms with Gasteiger partial charge in [0.05, 0.1) is 5.02 Å². The van der Waals surface area contributed by atoms with E-state index in [0.717, 1.165) is 6.54 Å². The fourth-order valence-electron chi connectivity index (χ4n) is 1.18. The summed E-state index contributed by atoms with van der Waals surface area (Å²) in [7, 11) is 0. The van der Waals surface area contributed by atoms with Crippen LogP contribution in [0.2, 0.25) is 5.02 Å². The summed E-state index contributed by atoms with van der Waals surface area (Å²) in [6, 6.07) is 3.91. The summed E-state index contributed by atoms with van der Waals surface area (Å²) < 4.78 is 12.8. The van der Waals surface area contributed by atoms with Crippen molar-refractivity contribution in [2.45, 2.75) is 6.92 Å². The molecule has 0 atom stereocenters. The summed E-state index contributed by atoms with van der Waals surface area (Å²) in [6.45, 7) is 4.08. The molecule has 2 N–H and O–H groups in total. The third kappa shape index (κ3) is 3.79. The van der Waals surface area contributed by atoms with Crippen LogP contribution in [0, 0.1) is 5.82 Å². The Morgan fingerprint density at radius 3 is 2.81 bits per heavy atom. The van der Waals surface area contributed by atoms with Gasteiger partial charge in [0.25, 0.3) is 5.91 Å². The summed E-state index contributed by atoms with van der Waals surface area (Å²) in [5.41, 5.74) is 0.364. The van der Waals surface area contributed by atoms with Gasteiger partial charge in [0, 0.05) is 18.7 Å². The number of likely N-dealkylation sites (N-methyl/N-ethyl adjacent to an activating group) is 1. The summed E-state index contributed by atoms with van der Waals surface area (Å²) >= 11 is 5.57. The van der Waals surface area contributed by atoms with Crippen molar-refractivity contribution < 1.29 is 9.18 Å². The minimum absolute atomic E-state index is 0.0423. The van der Waals surface area contributed by atoms with Gasteiger partial charge in [-0.25, -0.2) is 4.39 Å². The van der Waals surface area contributed by atoms with E-state index in [4.69, 9.17) is 11.6 Å². The number of nitrogens with one attached hydrogen (secondary N) is 2. The lowest BCUT2D eigenvalue weighted by atomic mass is 10.2. The second-order valence-electron chi connectivity index (χ2n) is 3.24. The molecule has 1 aromatic carbocycles. The third-order valence-corrected chi connectivity index (χ3v) is 2.31. The van der Waals surface area contributed by atoms with Gasteiger partial charge >= 0.3 is 0 Å². The third-order valence-electron chi connectivity index (χ3n) is 2.02. The summed E-state index contributed by atoms with van der Waals surface area (Å²) in [4.78, 5) is 11.6. The van der Waals surface area contributed by atoms with E-state index in [1.807, 2.05) is 6.92 Å². The van der Waals surface area contributed by atoms with Gasteiger partial charge in [0.1, 0.15) is 5.82 Å². The highest BCUT2D eigenvalue weighted by Crippen LogP contribution is 2.15. The zero-order valence-corrected chi connectivity index (χ0v) is 9.77. The van der Waals surface area contributed by atoms with E-state index >= 15 is 0 Å². The van der Waals surface area contributed by atoms with E-state index in [2.05, 4.69) is 10.6 Å². The molecule has 0 unspecified atom stereocenters. The van der Waals surface area contributed by atoms with Crippen molar-refractivity contribution in [2.75, 3.05) is 19.6 Å². The maximum atomic E-state index is 12.8. The maximum absolute atomic E-state index is 12.8. The number of rotatable bonds is 5. The van der Waals surface area contributed by atoms with E-state index in [1.165, 1.54) is 18.2 Å². The van der Waals surface area contributed by atoms with Crippen molar-refractivity contribution in [1.29, 1.82) is 0 Å². The summed E-state index contributed by atoms with van der Waals surface area (Å²) in [5.74, 6) is -0.773. The molecule has 1 amide bonds. The Morgan fingerprint density at radius 1 is 1.44 bits per heavy atom. The van der Waals surface area contributed by atoms with E-state index in [0.29, 0.717) is 18.7 Å². The van der Waals surface area contributed by atoms with Gasteiger partial charge in [-0.05, 0) is 24.7 Å². The monoisotopic (exact) mass is 244 g/mol. The van der Waals surface area contributed by atoms with E-state index in [9.17, 15) is 9.18 Å². The van der Waals surface area contributed by atoms with Crippen LogP contribution in [0.4, 0.5) is 4.39 Å². The van der Waals surface area contributed by atoms with Crippen LogP contribution in [-0.2, 0) is 0 Å². The molecule has 0 aromatic heterocycles. The highest BCUT2D eigenvalue weighted by Gasteiger charge is 2.07. The van der Waals surface area contributed by atoms with Gasteiger partial charge in [-0.3, -0.25) is 4.79 Å². The number of hydrogen-bond donors (Lipinski definition) is 2. The molecule has 0 fully saturated rings. The van der Waals surface area contributed by atoms with Crippen LogP contribution in [-0.4, -0.2) is 25.5 Å². The Kier molecular flexibility index (Phi) is 5.22. The number of hydrogen-bond acceptors (Lipinski definition) is 2. The Balaban J connectivity index is 2.50. The molecule has 0 aliphatic carbocycles. The molecule has 5 heteroatoms. The zero-order valence-electron chi connectivity index (χ0n) is 9.02. The summed E-state index contributed by atoms with van der Waals surface area (Å²) in [5, 5.41) is 5.73. The van der Waals surface area contributed by atoms with E-state index in [-0.39, 0.29) is 10.9 Å². The second kappa shape index (κ2) is 6.45. The lowest BCUT2D eigenvalue weighted by Gasteiger charge is -2.06. The molecular formula is C11H14ClFN2O. The number of carbonyl (C=O) groups is 1. The quantitative estimate of drug-likeness (QED) is 0.776. The molecule has 16 heavy (non-hydrogen) atoms. The first-order chi connectivity index (χ1) is 7.65. The van der Waals surface area contributed by atoms with E-state index in [1.54, 1.807) is 0 Å². The van der Waals surface area contributed by atoms with Gasteiger partial charge in [0.2, 0.25) is 0 Å². The highest BCUT2D eigenvalue weighted by molar-refractivity contribution is 6.31. The Morgan fingerprint density at radius 2 is 2.19 bits per heavy atom. The zero-order chi connectivity index (χ0) is 12.0. The molecule has 0 heterocycles. The van der Waals surface area contributed by atoms with Gasteiger partial charge in [0.15, 0.2) is 0 Å². The van der Waals surface area contributed by atoms with Crippen LogP contribution in [0.25, 0.3) is 0 Å². The lowest BCUT2D eigenvalue weighted by Crippen LogP contribution is -2.31. The Labute approximate surface area is 99.0 Å². The van der Waals surface area contributed by atoms with E-state index < -0.39 is 5.82 Å². The molecule has 0 bridgehead atoms. The average molecular weight is 245 g/mol. The lowest BCUT2D eigenvalue weighted by molar-refractivity contribution is 0.0954. The topological polar surface area (TPSA) is 41.1 Å². The molecule has 0 aliphatic rings. The fraction of sp³-hybridized carbons (Fsp3) is 0.364. The Bertz CT molecular complexity index is 371. The average Bonchev–Trinajstić information content (AvgIpc) is 2.28. The van der Waals surface area contributed by atoms with Crippen LogP contribution in [0.3, 0.4) is 0 Å². The molecule has 0 saturated heterocycles. The van der Waals surface area contributed by atoms with Crippen LogP contribution in [0.5, 0.6) is 0 Å². The number of benzene rings is 1. The van der Waals surface area contributed by atoms with Crippen LogP contribution in [0.15, 0.2) is 18.2 Å². The van der Waals surface area contributed by atoms with Gasteiger partial charge in [-0.15, -0.1) is 0 Å². The van der Waals surface area contributed by atoms with Crippen LogP contribution >= 0.6 is 11.6 Å². The number of halogens is 2. The van der Waals surface area contributed by atoms with Crippen molar-refractivity contribution >= 4 is 17.5 Å². The van der Waals surface area contributed by atoms with Crippen molar-refractivity contribution in [2.24, 2.45) is 0 Å². The molecule has 0 radical (unpaired) electrons. The van der Waals surface area contributed by atoms with Crippen molar-refractivity contribution in [1.82, 2.24) is 10.6 Å². The predicted molar refractivity (Wildman–Crippen MR) is 62.3 cm³/mol. The van der Waals surface area contributed by atoms with Crippen LogP contribution in [0.1, 0.15) is 17.3 Å². The second-order valence-corrected chi connectivity index (χ2v) is 3.65. The predicted octanol–water partition coefficient (Wildman–Crippen LogP) is 1.82. The molecule has 0 spiro atoms. The minimum Gasteiger partial charge on any atom is -0.351 e. The smallest absolute Gasteiger partial charge is 0.251 e. The normalized spacial score (nSPS) is 10.2.